The molecule has 2 aliphatic rings. The molecule has 0 radical (unpaired) electrons. The van der Waals surface area contributed by atoms with Gasteiger partial charge in [-0.25, -0.2) is 8.78 Å². The summed E-state index contributed by atoms with van der Waals surface area (Å²) < 4.78 is 28.3. The highest BCUT2D eigenvalue weighted by atomic mass is 19.2. The van der Waals surface area contributed by atoms with Gasteiger partial charge in [0.2, 0.25) is 5.91 Å². The van der Waals surface area contributed by atoms with Gasteiger partial charge in [0.05, 0.1) is 6.04 Å². The van der Waals surface area contributed by atoms with Crippen molar-refractivity contribution in [1.29, 1.82) is 0 Å². The molecule has 2 aromatic rings. The van der Waals surface area contributed by atoms with Crippen LogP contribution < -0.4 is 10.9 Å². The number of likely N-dealkylation sites (tertiary alicyclic amines) is 1. The highest BCUT2D eigenvalue weighted by molar-refractivity contribution is 5.94. The molecule has 0 spiro atoms. The fourth-order valence-corrected chi connectivity index (χ4v) is 4.50. The second-order valence-corrected chi connectivity index (χ2v) is 7.68. The minimum absolute atomic E-state index is 0.00669. The van der Waals surface area contributed by atoms with Crippen LogP contribution >= 0.6 is 0 Å². The number of amides is 2. The van der Waals surface area contributed by atoms with Crippen molar-refractivity contribution in [3.8, 4) is 0 Å². The Bertz CT molecular complexity index is 1040. The van der Waals surface area contributed by atoms with Crippen molar-refractivity contribution in [3.05, 3.63) is 69.6 Å². The van der Waals surface area contributed by atoms with E-state index in [0.29, 0.717) is 13.1 Å². The van der Waals surface area contributed by atoms with Crippen LogP contribution in [0.15, 0.2) is 41.2 Å². The molecule has 2 amide bonds. The number of nitrogens with zero attached hydrogens (tertiary/aromatic N) is 2. The first-order chi connectivity index (χ1) is 13.8. The Kier molecular flexibility index (Phi) is 4.94. The third-order valence-corrected chi connectivity index (χ3v) is 5.90. The molecule has 29 heavy (non-hydrogen) atoms. The summed E-state index contributed by atoms with van der Waals surface area (Å²) in [6.45, 7) is 2.76. The quantitative estimate of drug-likeness (QED) is 0.856. The predicted octanol–water partition coefficient (Wildman–Crippen LogP) is 2.06. The lowest BCUT2D eigenvalue weighted by molar-refractivity contribution is -0.131. The van der Waals surface area contributed by atoms with Gasteiger partial charge in [0.15, 0.2) is 11.6 Å². The maximum atomic E-state index is 13.4. The summed E-state index contributed by atoms with van der Waals surface area (Å²) in [5.74, 6) is -2.59. The Hall–Kier alpha value is -3.03. The van der Waals surface area contributed by atoms with Crippen molar-refractivity contribution in [2.24, 2.45) is 5.92 Å². The molecular weight excluding hydrogens is 380 g/mol. The fraction of sp³-hybridized carbons (Fsp3) is 0.381. The molecule has 0 aliphatic carbocycles. The van der Waals surface area contributed by atoms with Crippen LogP contribution in [0.5, 0.6) is 0 Å². The number of hydrogen-bond donors (Lipinski definition) is 1. The minimum Gasteiger partial charge on any atom is -0.350 e. The minimum atomic E-state index is -1.09. The Morgan fingerprint density at radius 3 is 2.66 bits per heavy atom. The van der Waals surface area contributed by atoms with Gasteiger partial charge in [-0.15, -0.1) is 0 Å². The number of aromatic nitrogens is 1. The summed E-state index contributed by atoms with van der Waals surface area (Å²) >= 11 is 0. The summed E-state index contributed by atoms with van der Waals surface area (Å²) in [6, 6.07) is 7.71. The lowest BCUT2D eigenvalue weighted by Gasteiger charge is -2.46. The largest absolute Gasteiger partial charge is 0.350 e. The van der Waals surface area contributed by atoms with E-state index < -0.39 is 17.5 Å². The number of piperidine rings is 1. The summed E-state index contributed by atoms with van der Waals surface area (Å²) in [4.78, 5) is 38.8. The number of carbonyl (C=O) groups is 2. The van der Waals surface area contributed by atoms with Crippen LogP contribution in [0.4, 0.5) is 8.78 Å². The van der Waals surface area contributed by atoms with Crippen LogP contribution in [0.2, 0.25) is 0 Å². The zero-order valence-corrected chi connectivity index (χ0v) is 15.9. The van der Waals surface area contributed by atoms with Crippen molar-refractivity contribution in [3.63, 3.8) is 0 Å². The van der Waals surface area contributed by atoms with E-state index in [1.54, 1.807) is 15.5 Å². The molecule has 2 bridgehead atoms. The molecular formula is C21H21F2N3O3. The van der Waals surface area contributed by atoms with Crippen LogP contribution in [0.25, 0.3) is 0 Å². The number of fused-ring (bicyclic) bond motifs is 4. The number of nitrogens with one attached hydrogen (secondary N) is 1. The van der Waals surface area contributed by atoms with E-state index in [1.807, 2.05) is 6.07 Å². The van der Waals surface area contributed by atoms with Gasteiger partial charge < -0.3 is 14.8 Å². The SMILES string of the molecule is CC(=O)N1C[C@H]2C[C@@H](C1)[C@H](CNC(=O)c1ccc(F)c(F)c1)n1c2cccc1=O. The van der Waals surface area contributed by atoms with Crippen LogP contribution in [0, 0.1) is 17.6 Å². The van der Waals surface area contributed by atoms with Crippen LogP contribution in [-0.4, -0.2) is 40.9 Å². The van der Waals surface area contributed by atoms with Crippen molar-refractivity contribution in [1.82, 2.24) is 14.8 Å². The van der Waals surface area contributed by atoms with Gasteiger partial charge in [-0.05, 0) is 36.6 Å². The maximum Gasteiger partial charge on any atom is 0.251 e. The first-order valence-corrected chi connectivity index (χ1v) is 9.55. The Morgan fingerprint density at radius 2 is 1.93 bits per heavy atom. The number of pyridine rings is 1. The van der Waals surface area contributed by atoms with Crippen molar-refractivity contribution < 1.29 is 18.4 Å². The molecule has 1 fully saturated rings. The van der Waals surface area contributed by atoms with E-state index in [4.69, 9.17) is 0 Å². The Labute approximate surface area is 166 Å². The molecule has 4 rings (SSSR count). The van der Waals surface area contributed by atoms with Gasteiger partial charge in [0.25, 0.3) is 11.5 Å². The molecule has 2 aliphatic heterocycles. The van der Waals surface area contributed by atoms with E-state index >= 15 is 0 Å². The van der Waals surface area contributed by atoms with E-state index in [-0.39, 0.29) is 41.5 Å². The summed E-state index contributed by atoms with van der Waals surface area (Å²) in [5.41, 5.74) is 0.708. The summed E-state index contributed by atoms with van der Waals surface area (Å²) in [6.07, 6.45) is 0.818. The zero-order chi connectivity index (χ0) is 20.7. The number of benzene rings is 1. The van der Waals surface area contributed by atoms with E-state index in [0.717, 1.165) is 24.2 Å². The Balaban J connectivity index is 1.61. The lowest BCUT2D eigenvalue weighted by Crippen LogP contribution is -2.52. The molecule has 1 aromatic heterocycles. The van der Waals surface area contributed by atoms with Crippen LogP contribution in [-0.2, 0) is 4.79 Å². The number of carbonyl (C=O) groups excluding carboxylic acids is 2. The molecule has 6 nitrogen and oxygen atoms in total. The molecule has 152 valence electrons. The molecule has 0 unspecified atom stereocenters. The first-order valence-electron chi connectivity index (χ1n) is 9.55. The average molecular weight is 401 g/mol. The fourth-order valence-electron chi connectivity index (χ4n) is 4.50. The topological polar surface area (TPSA) is 71.4 Å². The molecule has 3 atom stereocenters. The van der Waals surface area contributed by atoms with Crippen LogP contribution in [0.1, 0.15) is 41.4 Å². The highest BCUT2D eigenvalue weighted by Crippen LogP contribution is 2.40. The molecule has 1 aromatic carbocycles. The monoisotopic (exact) mass is 401 g/mol. The van der Waals surface area contributed by atoms with E-state index in [1.165, 1.54) is 19.1 Å². The van der Waals surface area contributed by atoms with Crippen LogP contribution in [0.3, 0.4) is 0 Å². The van der Waals surface area contributed by atoms with E-state index in [2.05, 4.69) is 5.32 Å². The standard InChI is InChI=1S/C21H21F2N3O3/c1-12(27)25-10-14-7-15(11-25)19(26-18(14)3-2-4-20(26)28)9-24-21(29)13-5-6-16(22)17(23)8-13/h2-6,8,14-15,19H,7,9-11H2,1H3,(H,24,29)/t14-,15+,19+/m1/s1. The third kappa shape index (κ3) is 3.54. The second-order valence-electron chi connectivity index (χ2n) is 7.68. The average Bonchev–Trinajstić information content (AvgIpc) is 2.70. The van der Waals surface area contributed by atoms with Gasteiger partial charge in [-0.1, -0.05) is 6.07 Å². The first kappa shape index (κ1) is 19.3. The maximum absolute atomic E-state index is 13.4. The smallest absolute Gasteiger partial charge is 0.251 e. The highest BCUT2D eigenvalue weighted by Gasteiger charge is 2.41. The van der Waals surface area contributed by atoms with Gasteiger partial charge in [0.1, 0.15) is 0 Å². The number of rotatable bonds is 3. The number of hydrogen-bond acceptors (Lipinski definition) is 3. The predicted molar refractivity (Wildman–Crippen MR) is 102 cm³/mol. The van der Waals surface area contributed by atoms with Gasteiger partial charge >= 0.3 is 0 Å². The summed E-state index contributed by atoms with van der Waals surface area (Å²) in [7, 11) is 0. The molecule has 1 N–H and O–H groups in total. The van der Waals surface area contributed by atoms with Gasteiger partial charge in [-0.3, -0.25) is 14.4 Å². The second kappa shape index (κ2) is 7.42. The molecule has 1 saturated heterocycles. The number of halogens is 2. The van der Waals surface area contributed by atoms with Crippen molar-refractivity contribution >= 4 is 11.8 Å². The van der Waals surface area contributed by atoms with Crippen molar-refractivity contribution in [2.45, 2.75) is 25.3 Å². The van der Waals surface area contributed by atoms with Crippen molar-refractivity contribution in [2.75, 3.05) is 19.6 Å². The molecule has 3 heterocycles. The summed E-state index contributed by atoms with van der Waals surface area (Å²) in [5, 5.41) is 2.74. The lowest BCUT2D eigenvalue weighted by atomic mass is 9.78. The third-order valence-electron chi connectivity index (χ3n) is 5.90. The zero-order valence-electron chi connectivity index (χ0n) is 15.9. The normalized spacial score (nSPS) is 22.7. The Morgan fingerprint density at radius 1 is 1.14 bits per heavy atom. The van der Waals surface area contributed by atoms with Gasteiger partial charge in [-0.2, -0.15) is 0 Å². The molecule has 0 saturated carbocycles. The molecule has 8 heteroatoms. The van der Waals surface area contributed by atoms with E-state index in [9.17, 15) is 23.2 Å². The van der Waals surface area contributed by atoms with Gasteiger partial charge in [0, 0.05) is 49.8 Å².